The maximum atomic E-state index is 12.9. The van der Waals surface area contributed by atoms with Crippen molar-refractivity contribution >= 4 is 64.3 Å². The van der Waals surface area contributed by atoms with Gasteiger partial charge in [0.05, 0.1) is 0 Å². The van der Waals surface area contributed by atoms with Crippen LogP contribution in [0, 0.1) is 0 Å². The summed E-state index contributed by atoms with van der Waals surface area (Å²) in [6.07, 6.45) is 4.57. The minimum Gasteiger partial charge on any atom is -0.327 e. The van der Waals surface area contributed by atoms with Crippen LogP contribution in [0.15, 0.2) is 47.5 Å². The van der Waals surface area contributed by atoms with Crippen molar-refractivity contribution in [1.29, 1.82) is 0 Å². The molecule has 26 heavy (non-hydrogen) atoms. The van der Waals surface area contributed by atoms with Crippen molar-refractivity contribution < 1.29 is 4.79 Å². The lowest BCUT2D eigenvalue weighted by Crippen LogP contribution is -2.30. The average Bonchev–Trinajstić information content (AvgIpc) is 2.49. The predicted octanol–water partition coefficient (Wildman–Crippen LogP) is 6.46. The van der Waals surface area contributed by atoms with Crippen LogP contribution in [0.2, 0.25) is 20.1 Å². The lowest BCUT2D eigenvalue weighted by atomic mass is 9.84. The molecule has 0 saturated heterocycles. The SMILES string of the molecule is NC1C/C(=C\c2cc(Cl)cc(Cl)c2)C(=O)/C(=C/c2cc(Cl)cc(Cl)c2)C1. The van der Waals surface area contributed by atoms with Gasteiger partial charge in [0.25, 0.3) is 0 Å². The minimum atomic E-state index is -0.144. The highest BCUT2D eigenvalue weighted by molar-refractivity contribution is 6.35. The molecule has 3 rings (SSSR count). The molecule has 2 nitrogen and oxygen atoms in total. The fraction of sp³-hybridized carbons (Fsp3) is 0.150. The zero-order valence-corrected chi connectivity index (χ0v) is 16.6. The molecule has 0 aliphatic heterocycles. The number of Topliss-reactive ketones (excluding diaryl/α,β-unsaturated/α-hetero) is 1. The second-order valence-electron chi connectivity index (χ2n) is 6.24. The summed E-state index contributed by atoms with van der Waals surface area (Å²) >= 11 is 24.2. The third-order valence-electron chi connectivity index (χ3n) is 4.00. The van der Waals surface area contributed by atoms with E-state index in [-0.39, 0.29) is 11.8 Å². The van der Waals surface area contributed by atoms with Crippen LogP contribution in [-0.4, -0.2) is 11.8 Å². The Bertz CT molecular complexity index is 819. The van der Waals surface area contributed by atoms with E-state index in [1.54, 1.807) is 48.6 Å². The van der Waals surface area contributed by atoms with Gasteiger partial charge in [-0.05, 0) is 72.5 Å². The third-order valence-corrected chi connectivity index (χ3v) is 4.87. The van der Waals surface area contributed by atoms with Crippen molar-refractivity contribution in [1.82, 2.24) is 0 Å². The largest absolute Gasteiger partial charge is 0.327 e. The summed E-state index contributed by atoms with van der Waals surface area (Å²) in [5.74, 6) is -0.0427. The first-order chi connectivity index (χ1) is 12.3. The second-order valence-corrected chi connectivity index (χ2v) is 7.99. The van der Waals surface area contributed by atoms with E-state index in [2.05, 4.69) is 0 Å². The minimum absolute atomic E-state index is 0.0427. The first-order valence-corrected chi connectivity index (χ1v) is 9.45. The van der Waals surface area contributed by atoms with Crippen LogP contribution in [-0.2, 0) is 4.79 Å². The first-order valence-electron chi connectivity index (χ1n) is 7.94. The number of benzene rings is 2. The molecule has 2 N–H and O–H groups in total. The van der Waals surface area contributed by atoms with Gasteiger partial charge in [-0.3, -0.25) is 4.79 Å². The molecule has 0 amide bonds. The topological polar surface area (TPSA) is 43.1 Å². The molecule has 1 aliphatic rings. The number of nitrogens with two attached hydrogens (primary N) is 1. The van der Waals surface area contributed by atoms with Gasteiger partial charge >= 0.3 is 0 Å². The summed E-state index contributed by atoms with van der Waals surface area (Å²) in [6.45, 7) is 0. The van der Waals surface area contributed by atoms with Crippen LogP contribution in [0.3, 0.4) is 0 Å². The highest BCUT2D eigenvalue weighted by atomic mass is 35.5. The Kier molecular flexibility index (Phi) is 6.11. The fourth-order valence-electron chi connectivity index (χ4n) is 3.00. The summed E-state index contributed by atoms with van der Waals surface area (Å²) < 4.78 is 0. The average molecular weight is 427 g/mol. The van der Waals surface area contributed by atoms with Gasteiger partial charge in [0.2, 0.25) is 0 Å². The summed E-state index contributed by atoms with van der Waals surface area (Å²) in [5, 5.41) is 2.06. The molecule has 0 radical (unpaired) electrons. The predicted molar refractivity (Wildman–Crippen MR) is 111 cm³/mol. The number of rotatable bonds is 2. The van der Waals surface area contributed by atoms with E-state index in [4.69, 9.17) is 52.1 Å². The Morgan fingerprint density at radius 1 is 0.731 bits per heavy atom. The Hall–Kier alpha value is -1.29. The fourth-order valence-corrected chi connectivity index (χ4v) is 4.08. The molecule has 0 aromatic heterocycles. The summed E-state index contributed by atoms with van der Waals surface area (Å²) in [5.41, 5.74) is 8.96. The van der Waals surface area contributed by atoms with Gasteiger partial charge in [-0.1, -0.05) is 46.4 Å². The zero-order valence-electron chi connectivity index (χ0n) is 13.6. The van der Waals surface area contributed by atoms with Crippen LogP contribution in [0.1, 0.15) is 24.0 Å². The highest BCUT2D eigenvalue weighted by Crippen LogP contribution is 2.30. The summed E-state index contributed by atoms with van der Waals surface area (Å²) in [4.78, 5) is 12.9. The molecule has 2 aromatic carbocycles. The van der Waals surface area contributed by atoms with Crippen molar-refractivity contribution in [3.63, 3.8) is 0 Å². The summed E-state index contributed by atoms with van der Waals surface area (Å²) in [6, 6.07) is 10.2. The van der Waals surface area contributed by atoms with Crippen molar-refractivity contribution in [2.24, 2.45) is 5.73 Å². The lowest BCUT2D eigenvalue weighted by Gasteiger charge is -2.22. The molecular formula is C20H15Cl4NO. The molecule has 1 fully saturated rings. The van der Waals surface area contributed by atoms with E-state index in [1.165, 1.54) is 0 Å². The molecule has 134 valence electrons. The van der Waals surface area contributed by atoms with Crippen LogP contribution in [0.25, 0.3) is 12.2 Å². The lowest BCUT2D eigenvalue weighted by molar-refractivity contribution is -0.112. The van der Waals surface area contributed by atoms with Gasteiger partial charge in [0.15, 0.2) is 5.78 Å². The monoisotopic (exact) mass is 425 g/mol. The van der Waals surface area contributed by atoms with E-state index in [0.717, 1.165) is 11.1 Å². The van der Waals surface area contributed by atoms with Gasteiger partial charge < -0.3 is 5.73 Å². The molecular weight excluding hydrogens is 412 g/mol. The number of ketones is 1. The normalized spacial score (nSPS) is 20.8. The van der Waals surface area contributed by atoms with Gasteiger partial charge in [-0.15, -0.1) is 0 Å². The maximum Gasteiger partial charge on any atom is 0.185 e. The van der Waals surface area contributed by atoms with E-state index < -0.39 is 0 Å². The van der Waals surface area contributed by atoms with E-state index in [9.17, 15) is 4.79 Å². The second kappa shape index (κ2) is 8.16. The Labute approximate surface area is 172 Å². The smallest absolute Gasteiger partial charge is 0.185 e. The third kappa shape index (κ3) is 4.91. The Balaban J connectivity index is 1.97. The summed E-state index contributed by atoms with van der Waals surface area (Å²) in [7, 11) is 0. The number of halogens is 4. The van der Waals surface area contributed by atoms with Gasteiger partial charge in [0, 0.05) is 37.3 Å². The van der Waals surface area contributed by atoms with Crippen LogP contribution >= 0.6 is 46.4 Å². The standard InChI is InChI=1S/C20H15Cl4NO/c21-15-3-11(4-16(22)9-15)1-13-7-19(25)8-14(20(13)26)2-12-5-17(23)10-18(24)6-12/h1-6,9-10,19H,7-8,25H2/b13-1+,14-2+. The van der Waals surface area contributed by atoms with Gasteiger partial charge in [-0.25, -0.2) is 0 Å². The molecule has 1 aliphatic carbocycles. The Morgan fingerprint density at radius 3 is 1.42 bits per heavy atom. The van der Waals surface area contributed by atoms with Crippen molar-refractivity contribution in [2.45, 2.75) is 18.9 Å². The van der Waals surface area contributed by atoms with Crippen molar-refractivity contribution in [3.8, 4) is 0 Å². The number of carbonyl (C=O) groups is 1. The zero-order chi connectivity index (χ0) is 18.8. The maximum absolute atomic E-state index is 12.9. The van der Waals surface area contributed by atoms with Gasteiger partial charge in [-0.2, -0.15) is 0 Å². The van der Waals surface area contributed by atoms with Crippen molar-refractivity contribution in [2.75, 3.05) is 0 Å². The van der Waals surface area contributed by atoms with Crippen LogP contribution in [0.4, 0.5) is 0 Å². The highest BCUT2D eigenvalue weighted by Gasteiger charge is 2.25. The quantitative estimate of drug-likeness (QED) is 0.560. The molecule has 0 unspecified atom stereocenters. The molecule has 0 spiro atoms. The number of hydrogen-bond acceptors (Lipinski definition) is 2. The van der Waals surface area contributed by atoms with E-state index in [0.29, 0.717) is 44.1 Å². The van der Waals surface area contributed by atoms with Crippen LogP contribution in [0.5, 0.6) is 0 Å². The molecule has 0 bridgehead atoms. The van der Waals surface area contributed by atoms with Gasteiger partial charge in [0.1, 0.15) is 0 Å². The van der Waals surface area contributed by atoms with Crippen LogP contribution < -0.4 is 5.73 Å². The molecule has 2 aromatic rings. The van der Waals surface area contributed by atoms with Crippen molar-refractivity contribution in [3.05, 3.63) is 78.8 Å². The Morgan fingerprint density at radius 2 is 1.08 bits per heavy atom. The van der Waals surface area contributed by atoms with E-state index >= 15 is 0 Å². The number of carbonyl (C=O) groups excluding carboxylic acids is 1. The molecule has 0 heterocycles. The molecule has 0 atom stereocenters. The molecule has 6 heteroatoms. The first kappa shape index (κ1) is 19.5. The molecule has 1 saturated carbocycles. The van der Waals surface area contributed by atoms with E-state index in [1.807, 2.05) is 0 Å². The number of hydrogen-bond donors (Lipinski definition) is 1.